The quantitative estimate of drug-likeness (QED) is 0.651. The van der Waals surface area contributed by atoms with Gasteiger partial charge in [0.1, 0.15) is 12.0 Å². The number of carboxylic acids is 1. The van der Waals surface area contributed by atoms with E-state index >= 15 is 0 Å². The molecule has 1 aliphatic heterocycles. The first-order chi connectivity index (χ1) is 7.03. The lowest BCUT2D eigenvalue weighted by Gasteiger charge is -2.14. The molecule has 0 spiro atoms. The first-order valence-corrected chi connectivity index (χ1v) is 4.55. The normalized spacial score (nSPS) is 28.7. The van der Waals surface area contributed by atoms with Crippen LogP contribution in [0.5, 0.6) is 0 Å². The number of aliphatic carboxylic acids is 1. The molecule has 0 fully saturated rings. The van der Waals surface area contributed by atoms with E-state index in [1.54, 1.807) is 19.1 Å². The van der Waals surface area contributed by atoms with Gasteiger partial charge in [0.25, 0.3) is 0 Å². The smallest absolute Gasteiger partial charge is 0.338 e. The van der Waals surface area contributed by atoms with E-state index in [1.165, 1.54) is 12.2 Å². The lowest BCUT2D eigenvalue weighted by Crippen LogP contribution is -2.22. The number of carboxylic acid groups (broad SMARTS) is 1. The minimum Gasteiger partial charge on any atom is -0.480 e. The van der Waals surface area contributed by atoms with Crippen LogP contribution >= 0.6 is 0 Å². The molecular weight excluding hydrogens is 196 g/mol. The maximum absolute atomic E-state index is 11.2. The number of carbonyl (C=O) groups excluding carboxylic acids is 1. The van der Waals surface area contributed by atoms with Crippen LogP contribution in [0, 0.1) is 5.41 Å². The van der Waals surface area contributed by atoms with Gasteiger partial charge < -0.3 is 9.84 Å². The molecule has 4 nitrogen and oxygen atoms in total. The predicted octanol–water partition coefficient (Wildman–Crippen LogP) is 1.06. The summed E-state index contributed by atoms with van der Waals surface area (Å²) in [6.45, 7) is 1.81. The predicted molar refractivity (Wildman–Crippen MR) is 52.0 cm³/mol. The van der Waals surface area contributed by atoms with E-state index in [0.717, 1.165) is 5.57 Å². The van der Waals surface area contributed by atoms with Crippen molar-refractivity contribution >= 4 is 11.9 Å². The Bertz CT molecular complexity index is 428. The topological polar surface area (TPSA) is 63.6 Å². The maximum atomic E-state index is 11.2. The van der Waals surface area contributed by atoms with Gasteiger partial charge in [-0.3, -0.25) is 4.79 Å². The summed E-state index contributed by atoms with van der Waals surface area (Å²) < 4.78 is 4.82. The van der Waals surface area contributed by atoms with E-state index in [0.29, 0.717) is 5.57 Å². The van der Waals surface area contributed by atoms with Crippen molar-refractivity contribution in [3.63, 3.8) is 0 Å². The molecule has 0 saturated carbocycles. The Morgan fingerprint density at radius 2 is 2.13 bits per heavy atom. The molecule has 1 aliphatic carbocycles. The van der Waals surface area contributed by atoms with Crippen LogP contribution < -0.4 is 0 Å². The van der Waals surface area contributed by atoms with Crippen molar-refractivity contribution in [2.24, 2.45) is 5.41 Å². The zero-order chi connectivity index (χ0) is 11.1. The van der Waals surface area contributed by atoms with Crippen molar-refractivity contribution in [2.45, 2.75) is 6.92 Å². The molecule has 0 amide bonds. The van der Waals surface area contributed by atoms with Gasteiger partial charge in [-0.2, -0.15) is 0 Å². The number of cyclic esters (lactones) is 1. The molecule has 0 saturated heterocycles. The zero-order valence-corrected chi connectivity index (χ0v) is 8.19. The summed E-state index contributed by atoms with van der Waals surface area (Å²) in [5, 5.41) is 9.01. The Hall–Kier alpha value is -1.84. The molecule has 2 aliphatic rings. The number of hydrogen-bond acceptors (Lipinski definition) is 3. The maximum Gasteiger partial charge on any atom is 0.338 e. The van der Waals surface area contributed by atoms with Gasteiger partial charge in [-0.15, -0.1) is 0 Å². The Labute approximate surface area is 86.5 Å². The standard InChI is InChI=1S/C11H10O4/c1-11(10(13)14)4-2-7-6-15-9(12)8(7)3-5-11/h2-5H,6H2,1H3,(H,13,14). The third-order valence-corrected chi connectivity index (χ3v) is 2.61. The summed E-state index contributed by atoms with van der Waals surface area (Å²) in [7, 11) is 0. The molecule has 0 radical (unpaired) electrons. The molecule has 0 aromatic heterocycles. The second-order valence-electron chi connectivity index (χ2n) is 3.77. The van der Waals surface area contributed by atoms with E-state index in [-0.39, 0.29) is 12.6 Å². The minimum absolute atomic E-state index is 0.227. The van der Waals surface area contributed by atoms with Gasteiger partial charge in [-0.1, -0.05) is 18.2 Å². The third-order valence-electron chi connectivity index (χ3n) is 2.61. The SMILES string of the molecule is CC1(C(=O)O)C=CC2=C(C=C1)C(=O)OC2. The fraction of sp³-hybridized carbons (Fsp3) is 0.273. The average molecular weight is 206 g/mol. The summed E-state index contributed by atoms with van der Waals surface area (Å²) in [5.41, 5.74) is 0.141. The molecule has 0 bridgehead atoms. The van der Waals surface area contributed by atoms with Crippen LogP contribution in [0.2, 0.25) is 0 Å². The molecule has 1 atom stereocenters. The van der Waals surface area contributed by atoms with Crippen molar-refractivity contribution in [1.82, 2.24) is 0 Å². The largest absolute Gasteiger partial charge is 0.480 e. The third kappa shape index (κ3) is 1.48. The highest BCUT2D eigenvalue weighted by Gasteiger charge is 2.31. The molecule has 15 heavy (non-hydrogen) atoms. The summed E-state index contributed by atoms with van der Waals surface area (Å²) >= 11 is 0. The zero-order valence-electron chi connectivity index (χ0n) is 8.19. The molecule has 0 aromatic carbocycles. The van der Waals surface area contributed by atoms with Crippen LogP contribution in [-0.4, -0.2) is 23.7 Å². The van der Waals surface area contributed by atoms with E-state index in [9.17, 15) is 9.59 Å². The number of hydrogen-bond donors (Lipinski definition) is 1. The van der Waals surface area contributed by atoms with Gasteiger partial charge in [-0.05, 0) is 13.0 Å². The fourth-order valence-electron chi connectivity index (χ4n) is 1.47. The van der Waals surface area contributed by atoms with E-state index in [4.69, 9.17) is 9.84 Å². The van der Waals surface area contributed by atoms with Crippen LogP contribution in [0.3, 0.4) is 0 Å². The van der Waals surface area contributed by atoms with E-state index in [2.05, 4.69) is 0 Å². The van der Waals surface area contributed by atoms with E-state index in [1.807, 2.05) is 0 Å². The van der Waals surface area contributed by atoms with Crippen LogP contribution in [-0.2, 0) is 14.3 Å². The lowest BCUT2D eigenvalue weighted by atomic mass is 9.90. The Morgan fingerprint density at radius 3 is 2.80 bits per heavy atom. The molecule has 1 N–H and O–H groups in total. The van der Waals surface area contributed by atoms with Gasteiger partial charge in [0.05, 0.1) is 5.57 Å². The highest BCUT2D eigenvalue weighted by atomic mass is 16.5. The number of carbonyl (C=O) groups is 2. The highest BCUT2D eigenvalue weighted by molar-refractivity contribution is 5.96. The first-order valence-electron chi connectivity index (χ1n) is 4.55. The Kier molecular flexibility index (Phi) is 2.00. The van der Waals surface area contributed by atoms with Crippen molar-refractivity contribution in [2.75, 3.05) is 6.61 Å². The van der Waals surface area contributed by atoms with Crippen molar-refractivity contribution in [3.05, 3.63) is 35.5 Å². The Balaban J connectivity index is 2.41. The van der Waals surface area contributed by atoms with Gasteiger partial charge in [-0.25, -0.2) is 4.79 Å². The molecule has 4 heteroatoms. The number of ether oxygens (including phenoxy) is 1. The average Bonchev–Trinajstić information content (AvgIpc) is 2.42. The van der Waals surface area contributed by atoms with Crippen molar-refractivity contribution in [1.29, 1.82) is 0 Å². The molecule has 0 aromatic rings. The second kappa shape index (κ2) is 3.08. The molecule has 78 valence electrons. The van der Waals surface area contributed by atoms with Gasteiger partial charge in [0.15, 0.2) is 0 Å². The molecular formula is C11H10O4. The second-order valence-corrected chi connectivity index (χ2v) is 3.77. The van der Waals surface area contributed by atoms with Crippen molar-refractivity contribution < 1.29 is 19.4 Å². The first kappa shape index (κ1) is 9.71. The molecule has 1 heterocycles. The minimum atomic E-state index is -1.05. The van der Waals surface area contributed by atoms with Crippen LogP contribution in [0.4, 0.5) is 0 Å². The van der Waals surface area contributed by atoms with Crippen molar-refractivity contribution in [3.8, 4) is 0 Å². The molecule has 1 unspecified atom stereocenters. The number of esters is 1. The summed E-state index contributed by atoms with van der Waals surface area (Å²) in [6, 6.07) is 0. The lowest BCUT2D eigenvalue weighted by molar-refractivity contribution is -0.143. The summed E-state index contributed by atoms with van der Waals surface area (Å²) in [5.74, 6) is -1.33. The van der Waals surface area contributed by atoms with E-state index < -0.39 is 11.4 Å². The summed E-state index contributed by atoms with van der Waals surface area (Å²) in [6.07, 6.45) is 6.24. The van der Waals surface area contributed by atoms with Gasteiger partial charge in [0.2, 0.25) is 0 Å². The van der Waals surface area contributed by atoms with Gasteiger partial charge >= 0.3 is 11.9 Å². The van der Waals surface area contributed by atoms with Crippen LogP contribution in [0.1, 0.15) is 6.92 Å². The highest BCUT2D eigenvalue weighted by Crippen LogP contribution is 2.29. The van der Waals surface area contributed by atoms with Crippen LogP contribution in [0.15, 0.2) is 35.5 Å². The molecule has 2 rings (SSSR count). The summed E-state index contributed by atoms with van der Waals surface area (Å²) in [4.78, 5) is 22.2. The fourth-order valence-corrected chi connectivity index (χ4v) is 1.47. The Morgan fingerprint density at radius 1 is 1.47 bits per heavy atom. The monoisotopic (exact) mass is 206 g/mol. The number of rotatable bonds is 1. The van der Waals surface area contributed by atoms with Gasteiger partial charge in [0, 0.05) is 5.57 Å². The van der Waals surface area contributed by atoms with Crippen LogP contribution in [0.25, 0.3) is 0 Å².